The van der Waals surface area contributed by atoms with Crippen molar-refractivity contribution in [3.8, 4) is 0 Å². The van der Waals surface area contributed by atoms with Gasteiger partial charge in [-0.25, -0.2) is 0 Å². The van der Waals surface area contributed by atoms with Crippen LogP contribution < -0.4 is 5.73 Å². The summed E-state index contributed by atoms with van der Waals surface area (Å²) in [4.78, 5) is 8.95. The van der Waals surface area contributed by atoms with E-state index in [1.807, 2.05) is 0 Å². The predicted molar refractivity (Wildman–Crippen MR) is 59.8 cm³/mol. The molecule has 0 unspecified atom stereocenters. The lowest BCUT2D eigenvalue weighted by Crippen LogP contribution is -2.45. The van der Waals surface area contributed by atoms with Gasteiger partial charge in [-0.15, -0.1) is 0 Å². The van der Waals surface area contributed by atoms with Crippen LogP contribution in [0.3, 0.4) is 0 Å². The minimum absolute atomic E-state index is 0.345. The maximum atomic E-state index is 5.42. The Kier molecular flexibility index (Phi) is 3.87. The van der Waals surface area contributed by atoms with Gasteiger partial charge in [0.25, 0.3) is 0 Å². The quantitative estimate of drug-likeness (QED) is 0.732. The molecule has 0 atom stereocenters. The third-order valence-electron chi connectivity index (χ3n) is 2.93. The number of likely N-dealkylation sites (N-methyl/N-ethyl adjacent to an activating group) is 1. The van der Waals surface area contributed by atoms with Crippen LogP contribution in [0, 0.1) is 0 Å². The normalized spacial score (nSPS) is 19.1. The van der Waals surface area contributed by atoms with E-state index in [2.05, 4.69) is 27.0 Å². The largest absolute Gasteiger partial charge is 0.339 e. The van der Waals surface area contributed by atoms with Crippen molar-refractivity contribution in [1.29, 1.82) is 0 Å². The lowest BCUT2D eigenvalue weighted by molar-refractivity contribution is 0.152. The lowest BCUT2D eigenvalue weighted by atomic mass is 10.3. The fourth-order valence-corrected chi connectivity index (χ4v) is 1.80. The number of nitrogens with two attached hydrogens (primary N) is 1. The minimum atomic E-state index is 0.345. The van der Waals surface area contributed by atoms with E-state index in [-0.39, 0.29) is 0 Å². The van der Waals surface area contributed by atoms with Crippen molar-refractivity contribution in [3.63, 3.8) is 0 Å². The van der Waals surface area contributed by atoms with E-state index in [9.17, 15) is 0 Å². The molecule has 1 aromatic heterocycles. The Hall–Kier alpha value is -0.980. The Balaban J connectivity index is 1.74. The van der Waals surface area contributed by atoms with Crippen LogP contribution in [0.4, 0.5) is 0 Å². The highest BCUT2D eigenvalue weighted by molar-refractivity contribution is 4.86. The van der Waals surface area contributed by atoms with Gasteiger partial charge in [-0.2, -0.15) is 4.98 Å². The Bertz CT molecular complexity index is 319. The molecule has 6 nitrogen and oxygen atoms in total. The van der Waals surface area contributed by atoms with E-state index < -0.39 is 0 Å². The molecule has 1 fully saturated rings. The van der Waals surface area contributed by atoms with Crippen LogP contribution in [0.5, 0.6) is 0 Å². The van der Waals surface area contributed by atoms with Crippen LogP contribution in [0.1, 0.15) is 11.7 Å². The first-order valence-electron chi connectivity index (χ1n) is 5.70. The Labute approximate surface area is 95.4 Å². The van der Waals surface area contributed by atoms with Gasteiger partial charge in [-0.3, -0.25) is 0 Å². The third-order valence-corrected chi connectivity index (χ3v) is 2.93. The summed E-state index contributed by atoms with van der Waals surface area (Å²) < 4.78 is 5.09. The van der Waals surface area contributed by atoms with Crippen LogP contribution in [-0.4, -0.2) is 59.7 Å². The average molecular weight is 225 g/mol. The Morgan fingerprint density at radius 3 is 2.69 bits per heavy atom. The van der Waals surface area contributed by atoms with E-state index in [1.54, 1.807) is 0 Å². The molecule has 1 saturated heterocycles. The lowest BCUT2D eigenvalue weighted by Gasteiger charge is -2.31. The molecule has 0 bridgehead atoms. The molecule has 16 heavy (non-hydrogen) atoms. The molecule has 2 heterocycles. The van der Waals surface area contributed by atoms with E-state index >= 15 is 0 Å². The van der Waals surface area contributed by atoms with Crippen molar-refractivity contribution in [3.05, 3.63) is 11.7 Å². The summed E-state index contributed by atoms with van der Waals surface area (Å²) in [5.74, 6) is 1.28. The second-order valence-electron chi connectivity index (χ2n) is 4.20. The zero-order valence-corrected chi connectivity index (χ0v) is 9.72. The third kappa shape index (κ3) is 3.01. The van der Waals surface area contributed by atoms with Crippen LogP contribution in [-0.2, 0) is 13.0 Å². The second kappa shape index (κ2) is 5.38. The van der Waals surface area contributed by atoms with Crippen molar-refractivity contribution in [2.24, 2.45) is 5.73 Å². The monoisotopic (exact) mass is 225 g/mol. The highest BCUT2D eigenvalue weighted by Gasteiger charge is 2.14. The molecule has 6 heteroatoms. The molecule has 0 radical (unpaired) electrons. The van der Waals surface area contributed by atoms with Crippen LogP contribution in [0.2, 0.25) is 0 Å². The first-order chi connectivity index (χ1) is 7.78. The number of nitrogens with zero attached hydrogens (tertiary/aromatic N) is 4. The smallest absolute Gasteiger partial charge is 0.227 e. The standard InChI is InChI=1S/C10H19N5O/c1-14-4-6-15(7-5-14)3-2-10-12-9(8-11)13-16-10/h2-8,11H2,1H3. The van der Waals surface area contributed by atoms with Gasteiger partial charge in [0.05, 0.1) is 6.54 Å². The van der Waals surface area contributed by atoms with Gasteiger partial charge in [0.2, 0.25) is 5.89 Å². The van der Waals surface area contributed by atoms with Gasteiger partial charge in [-0.05, 0) is 7.05 Å². The zero-order valence-electron chi connectivity index (χ0n) is 9.72. The topological polar surface area (TPSA) is 71.4 Å². The van der Waals surface area contributed by atoms with Gasteiger partial charge >= 0.3 is 0 Å². The summed E-state index contributed by atoms with van der Waals surface area (Å²) in [6, 6.07) is 0. The molecule has 90 valence electrons. The summed E-state index contributed by atoms with van der Waals surface area (Å²) in [6.45, 7) is 5.84. The highest BCUT2D eigenvalue weighted by Crippen LogP contribution is 2.03. The Morgan fingerprint density at radius 1 is 1.31 bits per heavy atom. The number of rotatable bonds is 4. The minimum Gasteiger partial charge on any atom is -0.339 e. The van der Waals surface area contributed by atoms with Crippen LogP contribution in [0.15, 0.2) is 4.52 Å². The molecule has 2 N–H and O–H groups in total. The number of hydrogen-bond donors (Lipinski definition) is 1. The van der Waals surface area contributed by atoms with E-state index in [0.29, 0.717) is 18.3 Å². The SMILES string of the molecule is CN1CCN(CCc2nc(CN)no2)CC1. The fourth-order valence-electron chi connectivity index (χ4n) is 1.80. The highest BCUT2D eigenvalue weighted by atomic mass is 16.5. The van der Waals surface area contributed by atoms with Gasteiger partial charge < -0.3 is 20.1 Å². The van der Waals surface area contributed by atoms with Crippen LogP contribution >= 0.6 is 0 Å². The summed E-state index contributed by atoms with van der Waals surface area (Å²) in [6.07, 6.45) is 0.816. The predicted octanol–water partition coefficient (Wildman–Crippen LogP) is -0.682. The maximum Gasteiger partial charge on any atom is 0.227 e. The zero-order chi connectivity index (χ0) is 11.4. The van der Waals surface area contributed by atoms with E-state index in [4.69, 9.17) is 10.3 Å². The number of aromatic nitrogens is 2. The molecule has 0 spiro atoms. The molecule has 0 aliphatic carbocycles. The summed E-state index contributed by atoms with van der Waals surface area (Å²) in [5, 5.41) is 3.77. The molecule has 1 aliphatic heterocycles. The molecule has 0 aromatic carbocycles. The number of hydrogen-bond acceptors (Lipinski definition) is 6. The van der Waals surface area contributed by atoms with E-state index in [1.165, 1.54) is 0 Å². The molecular weight excluding hydrogens is 206 g/mol. The number of piperazine rings is 1. The maximum absolute atomic E-state index is 5.42. The van der Waals surface area contributed by atoms with Crippen molar-refractivity contribution < 1.29 is 4.52 Å². The fraction of sp³-hybridized carbons (Fsp3) is 0.800. The van der Waals surface area contributed by atoms with Crippen molar-refractivity contribution in [2.45, 2.75) is 13.0 Å². The van der Waals surface area contributed by atoms with Gasteiger partial charge in [-0.1, -0.05) is 5.16 Å². The molecule has 0 saturated carbocycles. The van der Waals surface area contributed by atoms with Crippen molar-refractivity contribution >= 4 is 0 Å². The van der Waals surface area contributed by atoms with E-state index in [0.717, 1.165) is 39.1 Å². The van der Waals surface area contributed by atoms with Gasteiger partial charge in [0.1, 0.15) is 0 Å². The first-order valence-corrected chi connectivity index (χ1v) is 5.70. The summed E-state index contributed by atoms with van der Waals surface area (Å²) in [7, 11) is 2.16. The van der Waals surface area contributed by atoms with Gasteiger partial charge in [0.15, 0.2) is 5.82 Å². The van der Waals surface area contributed by atoms with Crippen molar-refractivity contribution in [1.82, 2.24) is 19.9 Å². The van der Waals surface area contributed by atoms with Gasteiger partial charge in [0, 0.05) is 39.1 Å². The summed E-state index contributed by atoms with van der Waals surface area (Å²) in [5.41, 5.74) is 5.42. The van der Waals surface area contributed by atoms with Crippen molar-refractivity contribution in [2.75, 3.05) is 39.8 Å². The van der Waals surface area contributed by atoms with Crippen LogP contribution in [0.25, 0.3) is 0 Å². The molecule has 1 aliphatic rings. The molecule has 0 amide bonds. The second-order valence-corrected chi connectivity index (χ2v) is 4.20. The average Bonchev–Trinajstić information content (AvgIpc) is 2.76. The Morgan fingerprint density at radius 2 is 2.06 bits per heavy atom. The molecular formula is C10H19N5O. The molecule has 1 aromatic rings. The molecule has 2 rings (SSSR count). The summed E-state index contributed by atoms with van der Waals surface area (Å²) >= 11 is 0. The first kappa shape index (κ1) is 11.5.